The van der Waals surface area contributed by atoms with Gasteiger partial charge in [0, 0.05) is 22.9 Å². The molecular formula is C12H12BrN3. The van der Waals surface area contributed by atoms with Crippen molar-refractivity contribution in [1.29, 1.82) is 0 Å². The van der Waals surface area contributed by atoms with Gasteiger partial charge in [-0.05, 0) is 35.0 Å². The Kier molecular flexibility index (Phi) is 3.19. The molecule has 1 N–H and O–H groups in total. The number of rotatable bonds is 3. The standard InChI is InChI=1S/C12H12BrN3/c1-3-8(2)16-10-4-5-14-11-6-9(13)7-15-12(10)11/h3-8H,1H2,2H3,(H,14,16). The summed E-state index contributed by atoms with van der Waals surface area (Å²) in [6.07, 6.45) is 5.40. The molecule has 0 aromatic carbocycles. The highest BCUT2D eigenvalue weighted by Gasteiger charge is 2.05. The van der Waals surface area contributed by atoms with Crippen molar-refractivity contribution in [3.05, 3.63) is 41.7 Å². The molecule has 0 spiro atoms. The van der Waals surface area contributed by atoms with Crippen molar-refractivity contribution in [3.63, 3.8) is 0 Å². The predicted octanol–water partition coefficient (Wildman–Crippen LogP) is 3.38. The number of hydrogen-bond donors (Lipinski definition) is 1. The van der Waals surface area contributed by atoms with Crippen molar-refractivity contribution in [1.82, 2.24) is 9.97 Å². The van der Waals surface area contributed by atoms with Crippen molar-refractivity contribution in [2.24, 2.45) is 0 Å². The van der Waals surface area contributed by atoms with Gasteiger partial charge < -0.3 is 5.32 Å². The van der Waals surface area contributed by atoms with E-state index in [0.29, 0.717) is 0 Å². The van der Waals surface area contributed by atoms with Crippen molar-refractivity contribution in [3.8, 4) is 0 Å². The van der Waals surface area contributed by atoms with Gasteiger partial charge in [0.15, 0.2) is 0 Å². The van der Waals surface area contributed by atoms with Crippen LogP contribution >= 0.6 is 15.9 Å². The second-order valence-corrected chi connectivity index (χ2v) is 4.46. The molecule has 0 aliphatic carbocycles. The van der Waals surface area contributed by atoms with Crippen molar-refractivity contribution in [2.75, 3.05) is 5.32 Å². The van der Waals surface area contributed by atoms with Crippen LogP contribution < -0.4 is 5.32 Å². The zero-order valence-electron chi connectivity index (χ0n) is 8.94. The fraction of sp³-hybridized carbons (Fsp3) is 0.167. The lowest BCUT2D eigenvalue weighted by molar-refractivity contribution is 1.00. The Bertz CT molecular complexity index is 525. The first kappa shape index (κ1) is 11.1. The van der Waals surface area contributed by atoms with Gasteiger partial charge in [-0.25, -0.2) is 0 Å². The van der Waals surface area contributed by atoms with E-state index in [2.05, 4.69) is 37.8 Å². The van der Waals surface area contributed by atoms with Crippen LogP contribution in [0.4, 0.5) is 5.69 Å². The largest absolute Gasteiger partial charge is 0.377 e. The fourth-order valence-corrected chi connectivity index (χ4v) is 1.75. The van der Waals surface area contributed by atoms with Crippen molar-refractivity contribution >= 4 is 32.7 Å². The van der Waals surface area contributed by atoms with Gasteiger partial charge in [-0.1, -0.05) is 6.08 Å². The molecule has 2 heterocycles. The summed E-state index contributed by atoms with van der Waals surface area (Å²) >= 11 is 3.38. The molecule has 3 nitrogen and oxygen atoms in total. The molecule has 4 heteroatoms. The summed E-state index contributed by atoms with van der Waals surface area (Å²) in [5.41, 5.74) is 2.72. The fourth-order valence-electron chi connectivity index (χ4n) is 1.43. The van der Waals surface area contributed by atoms with Gasteiger partial charge in [0.25, 0.3) is 0 Å². The lowest BCUT2D eigenvalue weighted by Gasteiger charge is -2.12. The Morgan fingerprint density at radius 1 is 1.50 bits per heavy atom. The first-order valence-electron chi connectivity index (χ1n) is 5.00. The maximum atomic E-state index is 4.36. The van der Waals surface area contributed by atoms with Crippen LogP contribution in [0.15, 0.2) is 41.7 Å². The summed E-state index contributed by atoms with van der Waals surface area (Å²) in [7, 11) is 0. The second-order valence-electron chi connectivity index (χ2n) is 3.55. The number of nitrogens with zero attached hydrogens (tertiary/aromatic N) is 2. The summed E-state index contributed by atoms with van der Waals surface area (Å²) in [6.45, 7) is 5.78. The third kappa shape index (κ3) is 2.22. The molecule has 16 heavy (non-hydrogen) atoms. The summed E-state index contributed by atoms with van der Waals surface area (Å²) < 4.78 is 0.932. The van der Waals surface area contributed by atoms with E-state index in [-0.39, 0.29) is 6.04 Å². The predicted molar refractivity (Wildman–Crippen MR) is 70.5 cm³/mol. The van der Waals surface area contributed by atoms with Crippen LogP contribution in [0.2, 0.25) is 0 Å². The van der Waals surface area contributed by atoms with E-state index in [0.717, 1.165) is 21.2 Å². The van der Waals surface area contributed by atoms with Gasteiger partial charge in [0.1, 0.15) is 5.52 Å². The van der Waals surface area contributed by atoms with Gasteiger partial charge >= 0.3 is 0 Å². The van der Waals surface area contributed by atoms with Crippen molar-refractivity contribution in [2.45, 2.75) is 13.0 Å². The maximum Gasteiger partial charge on any atom is 0.112 e. The number of anilines is 1. The molecule has 0 saturated carbocycles. The minimum Gasteiger partial charge on any atom is -0.377 e. The summed E-state index contributed by atoms with van der Waals surface area (Å²) in [4.78, 5) is 8.64. The molecule has 2 rings (SSSR count). The molecule has 2 aromatic heterocycles. The van der Waals surface area contributed by atoms with Gasteiger partial charge in [-0.2, -0.15) is 0 Å². The van der Waals surface area contributed by atoms with Crippen LogP contribution in [0, 0.1) is 0 Å². The smallest absolute Gasteiger partial charge is 0.112 e. The Morgan fingerprint density at radius 2 is 2.31 bits per heavy atom. The number of fused-ring (bicyclic) bond motifs is 1. The molecular weight excluding hydrogens is 266 g/mol. The molecule has 0 fully saturated rings. The van der Waals surface area contributed by atoms with Gasteiger partial charge in [-0.15, -0.1) is 6.58 Å². The van der Waals surface area contributed by atoms with E-state index in [1.165, 1.54) is 0 Å². The molecule has 1 unspecified atom stereocenters. The molecule has 0 aliphatic heterocycles. The van der Waals surface area contributed by atoms with Crippen LogP contribution in [0.5, 0.6) is 0 Å². The molecule has 82 valence electrons. The molecule has 0 amide bonds. The van der Waals surface area contributed by atoms with E-state index >= 15 is 0 Å². The molecule has 0 aliphatic rings. The van der Waals surface area contributed by atoms with E-state index in [1.807, 2.05) is 25.1 Å². The molecule has 0 saturated heterocycles. The summed E-state index contributed by atoms with van der Waals surface area (Å²) in [6, 6.07) is 4.08. The molecule has 0 radical (unpaired) electrons. The average molecular weight is 278 g/mol. The van der Waals surface area contributed by atoms with E-state index < -0.39 is 0 Å². The summed E-state index contributed by atoms with van der Waals surface area (Å²) in [5.74, 6) is 0. The quantitative estimate of drug-likeness (QED) is 0.875. The highest BCUT2D eigenvalue weighted by atomic mass is 79.9. The van der Waals surface area contributed by atoms with E-state index in [4.69, 9.17) is 0 Å². The minimum absolute atomic E-state index is 0.205. The van der Waals surface area contributed by atoms with Gasteiger partial charge in [0.05, 0.1) is 11.2 Å². The molecule has 0 bridgehead atoms. The average Bonchev–Trinajstić information content (AvgIpc) is 2.28. The van der Waals surface area contributed by atoms with Crippen LogP contribution in [0.1, 0.15) is 6.92 Å². The number of nitrogens with one attached hydrogen (secondary N) is 1. The Labute approximate surface area is 103 Å². The highest BCUT2D eigenvalue weighted by molar-refractivity contribution is 9.10. The first-order valence-corrected chi connectivity index (χ1v) is 5.79. The Balaban J connectivity index is 2.49. The van der Waals surface area contributed by atoms with Crippen LogP contribution in [-0.4, -0.2) is 16.0 Å². The van der Waals surface area contributed by atoms with Gasteiger partial charge in [-0.3, -0.25) is 9.97 Å². The van der Waals surface area contributed by atoms with Gasteiger partial charge in [0.2, 0.25) is 0 Å². The normalized spacial score (nSPS) is 12.4. The lowest BCUT2D eigenvalue weighted by atomic mass is 10.2. The van der Waals surface area contributed by atoms with Crippen LogP contribution in [-0.2, 0) is 0 Å². The van der Waals surface area contributed by atoms with Crippen LogP contribution in [0.25, 0.3) is 11.0 Å². The zero-order valence-corrected chi connectivity index (χ0v) is 10.5. The SMILES string of the molecule is C=CC(C)Nc1ccnc2cc(Br)cnc12. The number of hydrogen-bond acceptors (Lipinski definition) is 3. The van der Waals surface area contributed by atoms with Crippen molar-refractivity contribution < 1.29 is 0 Å². The number of halogens is 1. The van der Waals surface area contributed by atoms with E-state index in [1.54, 1.807) is 12.4 Å². The third-order valence-corrected chi connectivity index (χ3v) is 2.71. The summed E-state index contributed by atoms with van der Waals surface area (Å²) in [5, 5.41) is 3.32. The Morgan fingerprint density at radius 3 is 3.06 bits per heavy atom. The zero-order chi connectivity index (χ0) is 11.5. The monoisotopic (exact) mass is 277 g/mol. The second kappa shape index (κ2) is 4.61. The lowest BCUT2D eigenvalue weighted by Crippen LogP contribution is -2.11. The highest BCUT2D eigenvalue weighted by Crippen LogP contribution is 2.22. The topological polar surface area (TPSA) is 37.8 Å². The van der Waals surface area contributed by atoms with Crippen LogP contribution in [0.3, 0.4) is 0 Å². The Hall–Kier alpha value is -1.42. The molecule has 1 atom stereocenters. The maximum absolute atomic E-state index is 4.36. The number of aromatic nitrogens is 2. The molecule has 2 aromatic rings. The minimum atomic E-state index is 0.205. The first-order chi connectivity index (χ1) is 7.70. The number of pyridine rings is 2. The third-order valence-electron chi connectivity index (χ3n) is 2.28. The van der Waals surface area contributed by atoms with E-state index in [9.17, 15) is 0 Å².